The van der Waals surface area contributed by atoms with E-state index in [0.717, 1.165) is 22.6 Å². The minimum absolute atomic E-state index is 0.121. The molecule has 0 unspecified atom stereocenters. The lowest BCUT2D eigenvalue weighted by molar-refractivity contribution is -0.136. The van der Waals surface area contributed by atoms with Crippen LogP contribution in [0.5, 0.6) is 0 Å². The number of thioether (sulfide) groups is 1. The second-order valence-corrected chi connectivity index (χ2v) is 12.7. The Bertz CT molecular complexity index is 1530. The number of imide groups is 1. The van der Waals surface area contributed by atoms with E-state index in [1.54, 1.807) is 29.2 Å². The van der Waals surface area contributed by atoms with Crippen molar-refractivity contribution in [2.24, 2.45) is 5.92 Å². The van der Waals surface area contributed by atoms with Gasteiger partial charge in [0.05, 0.1) is 29.8 Å². The quantitative estimate of drug-likeness (QED) is 0.416. The average Bonchev–Trinajstić information content (AvgIpc) is 3.40. The monoisotopic (exact) mass is 598 g/mol. The number of rotatable bonds is 5. The summed E-state index contributed by atoms with van der Waals surface area (Å²) in [5, 5.41) is 0.344. The Labute approximate surface area is 244 Å². The summed E-state index contributed by atoms with van der Waals surface area (Å²) in [6, 6.07) is 14.4. The van der Waals surface area contributed by atoms with Crippen molar-refractivity contribution in [2.45, 2.75) is 22.7 Å². The van der Waals surface area contributed by atoms with E-state index in [1.165, 1.54) is 21.2 Å². The van der Waals surface area contributed by atoms with E-state index in [4.69, 9.17) is 16.3 Å². The zero-order valence-corrected chi connectivity index (χ0v) is 24.3. The molecule has 40 heavy (non-hydrogen) atoms. The van der Waals surface area contributed by atoms with Crippen molar-refractivity contribution in [3.63, 3.8) is 0 Å². The van der Waals surface area contributed by atoms with Gasteiger partial charge in [-0.3, -0.25) is 23.7 Å². The van der Waals surface area contributed by atoms with Gasteiger partial charge in [0.2, 0.25) is 17.7 Å². The van der Waals surface area contributed by atoms with E-state index >= 15 is 0 Å². The van der Waals surface area contributed by atoms with Crippen LogP contribution in [0.4, 0.5) is 11.4 Å². The lowest BCUT2D eigenvalue weighted by Crippen LogP contribution is -2.43. The van der Waals surface area contributed by atoms with Crippen LogP contribution in [0.1, 0.15) is 16.4 Å². The van der Waals surface area contributed by atoms with Crippen molar-refractivity contribution in [3.8, 4) is 0 Å². The first-order valence-corrected chi connectivity index (χ1v) is 15.0. The number of anilines is 2. The molecule has 0 aliphatic carbocycles. The lowest BCUT2D eigenvalue weighted by Gasteiger charge is -2.31. The van der Waals surface area contributed by atoms with Crippen molar-refractivity contribution in [3.05, 3.63) is 73.7 Å². The Morgan fingerprint density at radius 3 is 2.33 bits per heavy atom. The third-order valence-electron chi connectivity index (χ3n) is 7.56. The molecule has 0 bridgehead atoms. The molecule has 3 atom stereocenters. The number of carbonyl (C=O) groups excluding carboxylic acids is 3. The predicted octanol–water partition coefficient (Wildman–Crippen LogP) is 3.28. The molecule has 3 aliphatic heterocycles. The molecule has 0 radical (unpaired) electrons. The van der Waals surface area contributed by atoms with Crippen LogP contribution in [-0.4, -0.2) is 72.8 Å². The first-order valence-electron chi connectivity index (χ1n) is 12.9. The number of halogens is 1. The minimum atomic E-state index is -0.743. The molecule has 208 valence electrons. The third-order valence-corrected chi connectivity index (χ3v) is 10.4. The second-order valence-electron chi connectivity index (χ2n) is 10.1. The lowest BCUT2D eigenvalue weighted by atomic mass is 9.83. The molecule has 3 aromatic rings. The van der Waals surface area contributed by atoms with Gasteiger partial charge in [-0.2, -0.15) is 0 Å². The Morgan fingerprint density at radius 2 is 1.68 bits per heavy atom. The number of hydrogen-bond donors (Lipinski definition) is 0. The average molecular weight is 599 g/mol. The molecule has 12 heteroatoms. The molecule has 3 amide bonds. The van der Waals surface area contributed by atoms with Gasteiger partial charge in [0, 0.05) is 48.7 Å². The number of ether oxygens (including phenoxy) is 1. The fourth-order valence-electron chi connectivity index (χ4n) is 5.49. The normalized spacial score (nSPS) is 22.3. The van der Waals surface area contributed by atoms with Crippen molar-refractivity contribution in [1.29, 1.82) is 0 Å². The molecule has 4 heterocycles. The summed E-state index contributed by atoms with van der Waals surface area (Å²) < 4.78 is 6.83. The van der Waals surface area contributed by atoms with Crippen LogP contribution in [0.2, 0.25) is 5.02 Å². The highest BCUT2D eigenvalue weighted by Gasteiger charge is 2.56. The van der Waals surface area contributed by atoms with Crippen LogP contribution in [-0.2, 0) is 25.7 Å². The summed E-state index contributed by atoms with van der Waals surface area (Å²) in [6.07, 6.45) is 0. The van der Waals surface area contributed by atoms with E-state index in [-0.39, 0.29) is 29.1 Å². The maximum atomic E-state index is 14.0. The van der Waals surface area contributed by atoms with E-state index in [2.05, 4.69) is 0 Å². The molecule has 0 spiro atoms. The summed E-state index contributed by atoms with van der Waals surface area (Å²) in [6.45, 7) is 1.75. The number of morpholine rings is 1. The van der Waals surface area contributed by atoms with E-state index in [9.17, 15) is 19.2 Å². The highest BCUT2D eigenvalue weighted by Crippen LogP contribution is 2.54. The molecule has 0 saturated carbocycles. The number of fused-ring (bicyclic) bond motifs is 2. The Kier molecular flexibility index (Phi) is 7.24. The van der Waals surface area contributed by atoms with Gasteiger partial charge < -0.3 is 14.5 Å². The molecule has 2 aromatic carbocycles. The van der Waals surface area contributed by atoms with Crippen molar-refractivity contribution < 1.29 is 19.1 Å². The predicted molar refractivity (Wildman–Crippen MR) is 156 cm³/mol. The first-order chi connectivity index (χ1) is 19.2. The third kappa shape index (κ3) is 4.64. The molecular weight excluding hydrogens is 572 g/mol. The minimum Gasteiger partial charge on any atom is -0.378 e. The molecular formula is C28H27ClN4O5S2. The Hall–Kier alpha value is -3.12. The zero-order valence-electron chi connectivity index (χ0n) is 21.9. The van der Waals surface area contributed by atoms with E-state index in [0.29, 0.717) is 46.9 Å². The standard InChI is InChI=1S/C28H27ClN4O5S2/c1-30(2)18-7-3-16(4-8-18)21-22-23(26(36)33(25(22)35)19-9-5-17(29)6-10-19)39-27-24(21)40-28(37)32(27)15-20(34)31-11-13-38-14-12-31/h3-10,21-23H,11-15H2,1-2H3/t21-,22-,23+/m0/s1. The zero-order chi connectivity index (χ0) is 28.1. The summed E-state index contributed by atoms with van der Waals surface area (Å²) in [4.78, 5) is 59.6. The summed E-state index contributed by atoms with van der Waals surface area (Å²) in [5.74, 6) is -2.03. The molecule has 0 N–H and O–H groups in total. The van der Waals surface area contributed by atoms with Crippen LogP contribution in [0.25, 0.3) is 0 Å². The Morgan fingerprint density at radius 1 is 1.00 bits per heavy atom. The van der Waals surface area contributed by atoms with Crippen LogP contribution >= 0.6 is 34.7 Å². The summed E-state index contributed by atoms with van der Waals surface area (Å²) in [5.41, 5.74) is 2.29. The van der Waals surface area contributed by atoms with Gasteiger partial charge in [-0.15, -0.1) is 0 Å². The number of thiazole rings is 1. The highest BCUT2D eigenvalue weighted by molar-refractivity contribution is 8.00. The summed E-state index contributed by atoms with van der Waals surface area (Å²) in [7, 11) is 3.89. The van der Waals surface area contributed by atoms with E-state index < -0.39 is 17.1 Å². The largest absolute Gasteiger partial charge is 0.378 e. The smallest absolute Gasteiger partial charge is 0.308 e. The molecule has 9 nitrogen and oxygen atoms in total. The van der Waals surface area contributed by atoms with Gasteiger partial charge in [0.15, 0.2) is 0 Å². The fourth-order valence-corrected chi connectivity index (χ4v) is 8.39. The fraction of sp³-hybridized carbons (Fsp3) is 0.357. The van der Waals surface area contributed by atoms with Crippen LogP contribution in [0.15, 0.2) is 58.4 Å². The van der Waals surface area contributed by atoms with Crippen molar-refractivity contribution in [2.75, 3.05) is 50.2 Å². The highest BCUT2D eigenvalue weighted by atomic mass is 35.5. The number of hydrogen-bond acceptors (Lipinski definition) is 8. The number of nitrogens with zero attached hydrogens (tertiary/aromatic N) is 4. The van der Waals surface area contributed by atoms with E-state index in [1.807, 2.05) is 43.3 Å². The SMILES string of the molecule is CN(C)c1ccc([C@@H]2c3sc(=O)n(CC(=O)N4CCOCC4)c3S[C@H]3C(=O)N(c4ccc(Cl)cc4)C(=O)[C@@H]23)cc1. The molecule has 2 fully saturated rings. The van der Waals surface area contributed by atoms with Crippen molar-refractivity contribution >= 4 is 63.8 Å². The maximum Gasteiger partial charge on any atom is 0.308 e. The number of benzene rings is 2. The van der Waals surface area contributed by atoms with Crippen LogP contribution in [0.3, 0.4) is 0 Å². The Balaban J connectivity index is 1.43. The van der Waals surface area contributed by atoms with Gasteiger partial charge in [0.1, 0.15) is 11.8 Å². The van der Waals surface area contributed by atoms with Crippen molar-refractivity contribution in [1.82, 2.24) is 9.47 Å². The van der Waals surface area contributed by atoms with Gasteiger partial charge in [-0.1, -0.05) is 46.8 Å². The molecule has 3 aliphatic rings. The molecule has 2 saturated heterocycles. The second kappa shape index (κ2) is 10.7. The maximum absolute atomic E-state index is 14.0. The number of carbonyl (C=O) groups is 3. The number of amides is 3. The number of aromatic nitrogens is 1. The molecule has 1 aromatic heterocycles. The van der Waals surface area contributed by atoms with Gasteiger partial charge in [0.25, 0.3) is 0 Å². The van der Waals surface area contributed by atoms with Crippen LogP contribution in [0, 0.1) is 5.92 Å². The van der Waals surface area contributed by atoms with Gasteiger partial charge >= 0.3 is 4.87 Å². The van der Waals surface area contributed by atoms with Gasteiger partial charge in [-0.05, 0) is 42.0 Å². The topological polar surface area (TPSA) is 92.2 Å². The van der Waals surface area contributed by atoms with Gasteiger partial charge in [-0.25, -0.2) is 4.90 Å². The molecule has 6 rings (SSSR count). The summed E-state index contributed by atoms with van der Waals surface area (Å²) >= 11 is 8.33. The van der Waals surface area contributed by atoms with Crippen LogP contribution < -0.4 is 14.7 Å². The first kappa shape index (κ1) is 27.1.